The highest BCUT2D eigenvalue weighted by molar-refractivity contribution is 6.31. The van der Waals surface area contributed by atoms with Crippen LogP contribution < -0.4 is 15.6 Å². The predicted octanol–water partition coefficient (Wildman–Crippen LogP) is 4.32. The number of nitrogens with zero attached hydrogens (tertiary/aromatic N) is 6. The third-order valence-electron chi connectivity index (χ3n) is 4.94. The van der Waals surface area contributed by atoms with Crippen molar-refractivity contribution >= 4 is 47.0 Å². The van der Waals surface area contributed by atoms with Crippen LogP contribution in [0.3, 0.4) is 0 Å². The Kier molecular flexibility index (Phi) is 6.79. The van der Waals surface area contributed by atoms with Crippen molar-refractivity contribution < 1.29 is 10.0 Å². The van der Waals surface area contributed by atoms with E-state index >= 15 is 0 Å². The van der Waals surface area contributed by atoms with Crippen molar-refractivity contribution in [1.29, 1.82) is 0 Å². The molecule has 11 nitrogen and oxygen atoms in total. The minimum absolute atomic E-state index is 0.0784. The minimum atomic E-state index is -0.718. The highest BCUT2D eigenvalue weighted by Crippen LogP contribution is 2.32. The first-order valence-electron chi connectivity index (χ1n) is 10.3. The number of piperidine rings is 1. The molecule has 3 aromatic rings. The molecule has 0 aliphatic carbocycles. The lowest BCUT2D eigenvalue weighted by Gasteiger charge is -2.26. The van der Waals surface area contributed by atoms with Crippen LogP contribution in [0.2, 0.25) is 5.02 Å². The van der Waals surface area contributed by atoms with E-state index in [1.165, 1.54) is 18.7 Å². The molecule has 1 aliphatic rings. The van der Waals surface area contributed by atoms with E-state index in [0.29, 0.717) is 11.9 Å². The highest BCUT2D eigenvalue weighted by atomic mass is 35.5. The molecule has 0 radical (unpaired) electrons. The monoisotopic (exact) mass is 468 g/mol. The lowest BCUT2D eigenvalue weighted by atomic mass is 10.1. The zero-order valence-electron chi connectivity index (χ0n) is 17.5. The van der Waals surface area contributed by atoms with Crippen LogP contribution in [0.1, 0.15) is 24.8 Å². The van der Waals surface area contributed by atoms with Gasteiger partial charge in [-0.15, -0.1) is 0 Å². The topological polar surface area (TPSA) is 142 Å². The fourth-order valence-corrected chi connectivity index (χ4v) is 3.58. The summed E-state index contributed by atoms with van der Waals surface area (Å²) in [6.07, 6.45) is 4.49. The lowest BCUT2D eigenvalue weighted by Crippen LogP contribution is -2.31. The van der Waals surface area contributed by atoms with Crippen molar-refractivity contribution in [3.05, 3.63) is 63.2 Å². The SMILES string of the molecule is O=[N+]([O-])c1cc(Cl)cc(/C=N\Nc2nc(Nc3ccccc3)nc(N3CCCCC3)n2)c1O. The van der Waals surface area contributed by atoms with Crippen molar-refractivity contribution in [3.63, 3.8) is 0 Å². The predicted molar refractivity (Wildman–Crippen MR) is 127 cm³/mol. The van der Waals surface area contributed by atoms with E-state index in [2.05, 4.69) is 35.7 Å². The molecule has 170 valence electrons. The molecule has 0 unspecified atom stereocenters. The summed E-state index contributed by atoms with van der Waals surface area (Å²) in [5.41, 5.74) is 3.10. The van der Waals surface area contributed by atoms with Crippen LogP contribution in [0.15, 0.2) is 47.6 Å². The highest BCUT2D eigenvalue weighted by Gasteiger charge is 2.18. The number of anilines is 4. The number of nitro benzene ring substituents is 1. The van der Waals surface area contributed by atoms with Crippen molar-refractivity contribution in [3.8, 4) is 5.75 Å². The van der Waals surface area contributed by atoms with Gasteiger partial charge in [-0.2, -0.15) is 20.1 Å². The fraction of sp³-hybridized carbons (Fsp3) is 0.238. The van der Waals surface area contributed by atoms with Gasteiger partial charge in [0.15, 0.2) is 0 Å². The molecule has 2 heterocycles. The molecule has 0 spiro atoms. The number of aromatic nitrogens is 3. The summed E-state index contributed by atoms with van der Waals surface area (Å²) >= 11 is 5.92. The lowest BCUT2D eigenvalue weighted by molar-refractivity contribution is -0.385. The zero-order valence-corrected chi connectivity index (χ0v) is 18.2. The maximum absolute atomic E-state index is 11.1. The summed E-state index contributed by atoms with van der Waals surface area (Å²) < 4.78 is 0. The maximum atomic E-state index is 11.1. The van der Waals surface area contributed by atoms with E-state index < -0.39 is 16.4 Å². The largest absolute Gasteiger partial charge is 0.502 e. The number of halogens is 1. The molecule has 1 aliphatic heterocycles. The second-order valence-corrected chi connectivity index (χ2v) is 7.75. The van der Waals surface area contributed by atoms with Crippen molar-refractivity contribution in [2.24, 2.45) is 5.10 Å². The first-order valence-corrected chi connectivity index (χ1v) is 10.7. The van der Waals surface area contributed by atoms with Gasteiger partial charge in [0.1, 0.15) is 0 Å². The number of hydrazone groups is 1. The van der Waals surface area contributed by atoms with Gasteiger partial charge in [0.25, 0.3) is 0 Å². The number of aromatic hydroxyl groups is 1. The Morgan fingerprint density at radius 2 is 1.82 bits per heavy atom. The van der Waals surface area contributed by atoms with E-state index in [9.17, 15) is 15.2 Å². The number of phenolic OH excluding ortho intramolecular Hbond substituents is 1. The van der Waals surface area contributed by atoms with E-state index in [-0.39, 0.29) is 16.5 Å². The standard InChI is InChI=1S/C21H21ClN8O3/c22-15-11-14(18(31)17(12-15)30(32)33)13-23-28-20-25-19(24-16-7-3-1-4-8-16)26-21(27-20)29-9-5-2-6-10-29/h1,3-4,7-8,11-13,31H,2,5-6,9-10H2,(H2,24,25,26,27,28)/b23-13-. The third-order valence-corrected chi connectivity index (χ3v) is 5.16. The average Bonchev–Trinajstić information content (AvgIpc) is 2.82. The molecule has 0 bridgehead atoms. The maximum Gasteiger partial charge on any atom is 0.312 e. The quantitative estimate of drug-likeness (QED) is 0.262. The van der Waals surface area contributed by atoms with Crippen LogP contribution in [-0.4, -0.2) is 44.3 Å². The molecule has 1 fully saturated rings. The molecule has 33 heavy (non-hydrogen) atoms. The Morgan fingerprint density at radius 1 is 1.09 bits per heavy atom. The summed E-state index contributed by atoms with van der Waals surface area (Å²) in [7, 11) is 0. The Balaban J connectivity index is 1.60. The van der Waals surface area contributed by atoms with Crippen molar-refractivity contribution in [2.45, 2.75) is 19.3 Å². The van der Waals surface area contributed by atoms with Crippen LogP contribution in [0, 0.1) is 10.1 Å². The molecular weight excluding hydrogens is 448 g/mol. The summed E-state index contributed by atoms with van der Waals surface area (Å²) in [6, 6.07) is 11.9. The van der Waals surface area contributed by atoms with E-state index in [4.69, 9.17) is 11.6 Å². The third kappa shape index (κ3) is 5.63. The van der Waals surface area contributed by atoms with E-state index in [1.807, 2.05) is 30.3 Å². The molecule has 0 saturated carbocycles. The number of hydrogen-bond donors (Lipinski definition) is 3. The number of nitro groups is 1. The fourth-order valence-electron chi connectivity index (χ4n) is 3.36. The molecule has 0 amide bonds. The van der Waals surface area contributed by atoms with Gasteiger partial charge in [0, 0.05) is 35.4 Å². The first-order chi connectivity index (χ1) is 16.0. The Labute approximate surface area is 194 Å². The van der Waals surface area contributed by atoms with Crippen LogP contribution in [0.5, 0.6) is 5.75 Å². The number of phenols is 1. The molecule has 2 aromatic carbocycles. The summed E-state index contributed by atoms with van der Waals surface area (Å²) in [5, 5.41) is 28.5. The molecule has 1 saturated heterocycles. The molecule has 4 rings (SSSR count). The van der Waals surface area contributed by atoms with E-state index in [1.54, 1.807) is 0 Å². The number of rotatable bonds is 7. The molecule has 1 aromatic heterocycles. The first kappa shape index (κ1) is 22.2. The molecular formula is C21H21ClN8O3. The second-order valence-electron chi connectivity index (χ2n) is 7.31. The van der Waals surface area contributed by atoms with Crippen molar-refractivity contribution in [2.75, 3.05) is 28.7 Å². The van der Waals surface area contributed by atoms with Gasteiger partial charge in [-0.05, 0) is 37.5 Å². The Bertz CT molecular complexity index is 1170. The molecule has 3 N–H and O–H groups in total. The number of para-hydroxylation sites is 1. The smallest absolute Gasteiger partial charge is 0.312 e. The summed E-state index contributed by atoms with van der Waals surface area (Å²) in [5.74, 6) is 0.500. The Morgan fingerprint density at radius 3 is 2.55 bits per heavy atom. The van der Waals surface area contributed by atoms with Gasteiger partial charge in [-0.1, -0.05) is 29.8 Å². The van der Waals surface area contributed by atoms with Crippen LogP contribution >= 0.6 is 11.6 Å². The van der Waals surface area contributed by atoms with E-state index in [0.717, 1.165) is 37.7 Å². The van der Waals surface area contributed by atoms with Crippen LogP contribution in [-0.2, 0) is 0 Å². The minimum Gasteiger partial charge on any atom is -0.502 e. The van der Waals surface area contributed by atoms with Gasteiger partial charge in [0.2, 0.25) is 23.6 Å². The number of hydrogen-bond acceptors (Lipinski definition) is 10. The normalized spacial score (nSPS) is 13.8. The molecule has 0 atom stereocenters. The number of nitrogens with one attached hydrogen (secondary N) is 2. The average molecular weight is 469 g/mol. The van der Waals surface area contributed by atoms with Gasteiger partial charge in [-0.3, -0.25) is 10.1 Å². The van der Waals surface area contributed by atoms with Crippen LogP contribution in [0.4, 0.5) is 29.2 Å². The summed E-state index contributed by atoms with van der Waals surface area (Å²) in [6.45, 7) is 1.69. The number of benzene rings is 2. The van der Waals surface area contributed by atoms with Crippen molar-refractivity contribution in [1.82, 2.24) is 15.0 Å². The van der Waals surface area contributed by atoms with Crippen LogP contribution in [0.25, 0.3) is 0 Å². The second kappa shape index (κ2) is 10.1. The van der Waals surface area contributed by atoms with Gasteiger partial charge >= 0.3 is 5.69 Å². The zero-order chi connectivity index (χ0) is 23.2. The summed E-state index contributed by atoms with van der Waals surface area (Å²) in [4.78, 5) is 25.8. The molecule has 12 heteroatoms. The van der Waals surface area contributed by atoms with Gasteiger partial charge in [-0.25, -0.2) is 5.43 Å². The van der Waals surface area contributed by atoms with Gasteiger partial charge < -0.3 is 15.3 Å². The Hall–Kier alpha value is -3.99. The van der Waals surface area contributed by atoms with Gasteiger partial charge in [0.05, 0.1) is 11.1 Å².